The van der Waals surface area contributed by atoms with E-state index < -0.39 is 0 Å². The maximum absolute atomic E-state index is 12.5. The van der Waals surface area contributed by atoms with Crippen molar-refractivity contribution < 1.29 is 4.79 Å². The molecule has 3 nitrogen and oxygen atoms in total. The van der Waals surface area contributed by atoms with E-state index in [9.17, 15) is 4.79 Å². The monoisotopic (exact) mass is 356 g/mol. The number of thiophene rings is 1. The number of nitrogens with one attached hydrogen (secondary N) is 2. The summed E-state index contributed by atoms with van der Waals surface area (Å²) in [6.07, 6.45) is 8.98. The summed E-state index contributed by atoms with van der Waals surface area (Å²) in [4.78, 5) is 13.7. The summed E-state index contributed by atoms with van der Waals surface area (Å²) in [6, 6.07) is 14.8. The highest BCUT2D eigenvalue weighted by molar-refractivity contribution is 7.10. The fourth-order valence-electron chi connectivity index (χ4n) is 3.53. The molecule has 0 saturated heterocycles. The fraction of sp³-hybridized carbons (Fsp3) is 0.476. The third kappa shape index (κ3) is 5.68. The molecule has 3 rings (SSSR count). The Balaban J connectivity index is 1.57. The largest absolute Gasteiger partial charge is 0.343 e. The van der Waals surface area contributed by atoms with Crippen LogP contribution in [0.25, 0.3) is 0 Å². The normalized spacial score (nSPS) is 17.4. The first-order valence-electron chi connectivity index (χ1n) is 9.44. The van der Waals surface area contributed by atoms with E-state index >= 15 is 0 Å². The van der Waals surface area contributed by atoms with Gasteiger partial charge < -0.3 is 10.6 Å². The molecule has 0 unspecified atom stereocenters. The topological polar surface area (TPSA) is 41.1 Å². The van der Waals surface area contributed by atoms with Gasteiger partial charge in [0, 0.05) is 10.9 Å². The third-order valence-electron chi connectivity index (χ3n) is 4.92. The Morgan fingerprint density at radius 3 is 2.40 bits per heavy atom. The van der Waals surface area contributed by atoms with Crippen LogP contribution in [0.4, 0.5) is 0 Å². The highest BCUT2D eigenvalue weighted by atomic mass is 32.1. The zero-order chi connectivity index (χ0) is 17.3. The highest BCUT2D eigenvalue weighted by Gasteiger charge is 2.18. The van der Waals surface area contributed by atoms with Crippen molar-refractivity contribution in [3.05, 3.63) is 58.3 Å². The minimum atomic E-state index is -0.0622. The molecule has 1 fully saturated rings. The molecular formula is C21H28N2OS. The number of hydrogen-bond donors (Lipinski definition) is 2. The van der Waals surface area contributed by atoms with Crippen molar-refractivity contribution in [2.45, 2.75) is 57.0 Å². The van der Waals surface area contributed by atoms with Gasteiger partial charge in [-0.3, -0.25) is 4.79 Å². The maximum atomic E-state index is 12.5. The van der Waals surface area contributed by atoms with E-state index in [2.05, 4.69) is 34.2 Å². The smallest absolute Gasteiger partial charge is 0.234 e. The summed E-state index contributed by atoms with van der Waals surface area (Å²) in [7, 11) is 0. The second kappa shape index (κ2) is 9.73. The molecule has 0 bridgehead atoms. The van der Waals surface area contributed by atoms with Crippen LogP contribution in [0.3, 0.4) is 0 Å². The Bertz CT molecular complexity index is 619. The standard InChI is InChI=1S/C21H28N2OS/c24-20(16-22-18-12-7-2-1-3-8-13-18)23-21(19-14-9-15-25-19)17-10-5-4-6-11-17/h4-6,9-11,14-15,18,21-22H,1-3,7-8,12-13,16H2,(H,23,24)/t21-/m0/s1. The number of carbonyl (C=O) groups excluding carboxylic acids is 1. The molecule has 0 radical (unpaired) electrons. The van der Waals surface area contributed by atoms with Gasteiger partial charge >= 0.3 is 0 Å². The summed E-state index contributed by atoms with van der Waals surface area (Å²) in [6.45, 7) is 0.402. The fourth-order valence-corrected chi connectivity index (χ4v) is 4.33. The molecule has 1 aromatic carbocycles. The second-order valence-corrected chi connectivity index (χ2v) is 7.83. The molecule has 1 aromatic heterocycles. The van der Waals surface area contributed by atoms with E-state index in [-0.39, 0.29) is 11.9 Å². The van der Waals surface area contributed by atoms with Gasteiger partial charge in [-0.25, -0.2) is 0 Å². The Hall–Kier alpha value is -1.65. The van der Waals surface area contributed by atoms with Crippen LogP contribution in [-0.2, 0) is 4.79 Å². The molecule has 2 aromatic rings. The lowest BCUT2D eigenvalue weighted by molar-refractivity contribution is -0.120. The summed E-state index contributed by atoms with van der Waals surface area (Å²) in [5.74, 6) is 0.0734. The Morgan fingerprint density at radius 1 is 1.00 bits per heavy atom. The summed E-state index contributed by atoms with van der Waals surface area (Å²) >= 11 is 1.68. The van der Waals surface area contributed by atoms with Crippen molar-refractivity contribution in [1.29, 1.82) is 0 Å². The molecule has 1 heterocycles. The van der Waals surface area contributed by atoms with E-state index in [0.29, 0.717) is 12.6 Å². The van der Waals surface area contributed by atoms with Crippen LogP contribution < -0.4 is 10.6 Å². The van der Waals surface area contributed by atoms with Crippen LogP contribution in [0.15, 0.2) is 47.8 Å². The van der Waals surface area contributed by atoms with Gasteiger partial charge in [0.25, 0.3) is 0 Å². The van der Waals surface area contributed by atoms with Gasteiger partial charge in [-0.1, -0.05) is 68.5 Å². The summed E-state index contributed by atoms with van der Waals surface area (Å²) < 4.78 is 0. The predicted molar refractivity (Wildman–Crippen MR) is 105 cm³/mol. The number of benzene rings is 1. The van der Waals surface area contributed by atoms with E-state index in [1.54, 1.807) is 11.3 Å². The lowest BCUT2D eigenvalue weighted by Gasteiger charge is -2.22. The molecular weight excluding hydrogens is 328 g/mol. The zero-order valence-corrected chi connectivity index (χ0v) is 15.6. The Kier molecular flexibility index (Phi) is 7.07. The third-order valence-corrected chi connectivity index (χ3v) is 5.86. The van der Waals surface area contributed by atoms with Crippen molar-refractivity contribution in [1.82, 2.24) is 10.6 Å². The van der Waals surface area contributed by atoms with Gasteiger partial charge in [0.05, 0.1) is 12.6 Å². The molecule has 25 heavy (non-hydrogen) atoms. The number of carbonyl (C=O) groups is 1. The van der Waals surface area contributed by atoms with Crippen molar-refractivity contribution in [3.8, 4) is 0 Å². The first kappa shape index (κ1) is 18.2. The Morgan fingerprint density at radius 2 is 1.72 bits per heavy atom. The molecule has 1 aliphatic rings. The maximum Gasteiger partial charge on any atom is 0.234 e. The first-order valence-corrected chi connectivity index (χ1v) is 10.3. The predicted octanol–water partition coefficient (Wildman–Crippen LogP) is 4.66. The van der Waals surface area contributed by atoms with Gasteiger partial charge in [-0.2, -0.15) is 0 Å². The van der Waals surface area contributed by atoms with Gasteiger partial charge in [0.15, 0.2) is 0 Å². The van der Waals surface area contributed by atoms with Gasteiger partial charge in [0.2, 0.25) is 5.91 Å². The highest BCUT2D eigenvalue weighted by Crippen LogP contribution is 2.25. The van der Waals surface area contributed by atoms with Crippen molar-refractivity contribution in [2.75, 3.05) is 6.54 Å². The van der Waals surface area contributed by atoms with Crippen LogP contribution in [0, 0.1) is 0 Å². The molecule has 1 aliphatic carbocycles. The minimum absolute atomic E-state index is 0.0622. The second-order valence-electron chi connectivity index (χ2n) is 6.85. The molecule has 1 amide bonds. The Labute approximate surface area is 154 Å². The van der Waals surface area contributed by atoms with Gasteiger partial charge in [-0.05, 0) is 29.9 Å². The van der Waals surface area contributed by atoms with Crippen LogP contribution >= 0.6 is 11.3 Å². The molecule has 1 atom stereocenters. The number of hydrogen-bond acceptors (Lipinski definition) is 3. The van der Waals surface area contributed by atoms with E-state index in [1.165, 1.54) is 49.8 Å². The zero-order valence-electron chi connectivity index (χ0n) is 14.7. The lowest BCUT2D eigenvalue weighted by Crippen LogP contribution is -2.40. The lowest BCUT2D eigenvalue weighted by atomic mass is 9.97. The number of rotatable bonds is 6. The summed E-state index contributed by atoms with van der Waals surface area (Å²) in [5, 5.41) is 8.75. The molecule has 4 heteroatoms. The van der Waals surface area contributed by atoms with Gasteiger partial charge in [0.1, 0.15) is 0 Å². The molecule has 0 aliphatic heterocycles. The van der Waals surface area contributed by atoms with Crippen molar-refractivity contribution >= 4 is 17.2 Å². The van der Waals surface area contributed by atoms with Crippen LogP contribution in [0.2, 0.25) is 0 Å². The average molecular weight is 357 g/mol. The van der Waals surface area contributed by atoms with Gasteiger partial charge in [-0.15, -0.1) is 11.3 Å². The van der Waals surface area contributed by atoms with E-state index in [4.69, 9.17) is 0 Å². The van der Waals surface area contributed by atoms with Crippen LogP contribution in [0.5, 0.6) is 0 Å². The van der Waals surface area contributed by atoms with Crippen molar-refractivity contribution in [3.63, 3.8) is 0 Å². The summed E-state index contributed by atoms with van der Waals surface area (Å²) in [5.41, 5.74) is 1.13. The quantitative estimate of drug-likeness (QED) is 0.790. The molecule has 2 N–H and O–H groups in total. The van der Waals surface area contributed by atoms with E-state index in [1.807, 2.05) is 24.3 Å². The van der Waals surface area contributed by atoms with E-state index in [0.717, 1.165) is 5.56 Å². The van der Waals surface area contributed by atoms with Crippen LogP contribution in [-0.4, -0.2) is 18.5 Å². The minimum Gasteiger partial charge on any atom is -0.343 e. The SMILES string of the molecule is O=C(CNC1CCCCCCC1)N[C@@H](c1ccccc1)c1cccs1. The average Bonchev–Trinajstić information content (AvgIpc) is 3.14. The number of amides is 1. The molecule has 0 spiro atoms. The van der Waals surface area contributed by atoms with Crippen LogP contribution in [0.1, 0.15) is 61.4 Å². The molecule has 134 valence electrons. The first-order chi connectivity index (χ1) is 12.3. The molecule has 1 saturated carbocycles. The van der Waals surface area contributed by atoms with Crippen molar-refractivity contribution in [2.24, 2.45) is 0 Å².